The summed E-state index contributed by atoms with van der Waals surface area (Å²) in [7, 11) is 0. The molecule has 0 saturated carbocycles. The Labute approximate surface area is 124 Å². The van der Waals surface area contributed by atoms with Gasteiger partial charge in [-0.25, -0.2) is 4.79 Å². The van der Waals surface area contributed by atoms with Crippen molar-refractivity contribution in [2.75, 3.05) is 6.54 Å². The van der Waals surface area contributed by atoms with Crippen molar-refractivity contribution in [2.24, 2.45) is 5.11 Å². The van der Waals surface area contributed by atoms with Gasteiger partial charge in [0, 0.05) is 17.2 Å². The van der Waals surface area contributed by atoms with Gasteiger partial charge in [0.25, 0.3) is 5.56 Å². The molecule has 3 rings (SSSR count). The van der Waals surface area contributed by atoms with E-state index in [4.69, 9.17) is 19.7 Å². The molecule has 4 unspecified atom stereocenters. The van der Waals surface area contributed by atoms with Crippen molar-refractivity contribution in [3.63, 3.8) is 0 Å². The topological polar surface area (TPSA) is 131 Å². The van der Waals surface area contributed by atoms with Gasteiger partial charge in [-0.05, 0) is 19.4 Å². The highest BCUT2D eigenvalue weighted by atomic mass is 16.8. The number of H-pyrrole nitrogens is 1. The molecule has 10 heteroatoms. The molecule has 1 aromatic heterocycles. The molecule has 0 aliphatic carbocycles. The molecule has 3 heterocycles. The van der Waals surface area contributed by atoms with E-state index in [0.29, 0.717) is 0 Å². The third-order valence-electron chi connectivity index (χ3n) is 3.58. The summed E-state index contributed by atoms with van der Waals surface area (Å²) in [6.45, 7) is 3.57. The van der Waals surface area contributed by atoms with Crippen LogP contribution in [-0.2, 0) is 14.2 Å². The van der Waals surface area contributed by atoms with Gasteiger partial charge in [0.2, 0.25) is 0 Å². The lowest BCUT2D eigenvalue weighted by Gasteiger charge is -2.24. The molecule has 0 radical (unpaired) electrons. The summed E-state index contributed by atoms with van der Waals surface area (Å²) in [4.78, 5) is 28.0. The zero-order valence-electron chi connectivity index (χ0n) is 12.0. The summed E-state index contributed by atoms with van der Waals surface area (Å²) in [5.74, 6) is -0.836. The Morgan fingerprint density at radius 2 is 2.14 bits per heavy atom. The second-order valence-electron chi connectivity index (χ2n) is 5.56. The summed E-state index contributed by atoms with van der Waals surface area (Å²) in [5.41, 5.74) is 7.37. The van der Waals surface area contributed by atoms with Crippen molar-refractivity contribution >= 4 is 0 Å². The first kappa shape index (κ1) is 14.8. The van der Waals surface area contributed by atoms with Crippen LogP contribution >= 0.6 is 0 Å². The molecule has 0 spiro atoms. The molecule has 0 bridgehead atoms. The van der Waals surface area contributed by atoms with Gasteiger partial charge in [-0.15, -0.1) is 0 Å². The Morgan fingerprint density at radius 1 is 1.41 bits per heavy atom. The van der Waals surface area contributed by atoms with E-state index < -0.39 is 41.6 Å². The summed E-state index contributed by atoms with van der Waals surface area (Å²) in [6.07, 6.45) is -0.976. The monoisotopic (exact) mass is 309 g/mol. The number of aromatic nitrogens is 2. The number of ether oxygens (including phenoxy) is 3. The van der Waals surface area contributed by atoms with Crippen LogP contribution in [0.1, 0.15) is 20.1 Å². The Kier molecular flexibility index (Phi) is 3.53. The maximum atomic E-state index is 11.9. The molecule has 0 amide bonds. The second-order valence-corrected chi connectivity index (χ2v) is 5.56. The molecule has 2 aliphatic heterocycles. The Morgan fingerprint density at radius 3 is 2.82 bits per heavy atom. The summed E-state index contributed by atoms with van der Waals surface area (Å²) in [6, 6.07) is 1.22. The van der Waals surface area contributed by atoms with Gasteiger partial charge in [-0.1, -0.05) is 5.11 Å². The number of aromatic amines is 1. The first-order valence-corrected chi connectivity index (χ1v) is 6.75. The fraction of sp³-hybridized carbons (Fsp3) is 0.667. The Balaban J connectivity index is 1.96. The normalized spacial score (nSPS) is 32.5. The number of hydrogen-bond donors (Lipinski definition) is 1. The van der Waals surface area contributed by atoms with Crippen molar-refractivity contribution in [1.82, 2.24) is 9.55 Å². The molecule has 118 valence electrons. The highest BCUT2D eigenvalue weighted by molar-refractivity contribution is 4.99. The van der Waals surface area contributed by atoms with E-state index in [-0.39, 0.29) is 6.54 Å². The zero-order chi connectivity index (χ0) is 15.9. The quantitative estimate of drug-likeness (QED) is 0.486. The minimum Gasteiger partial charge on any atom is -0.349 e. The van der Waals surface area contributed by atoms with Gasteiger partial charge < -0.3 is 14.2 Å². The predicted molar refractivity (Wildman–Crippen MR) is 73.1 cm³/mol. The minimum absolute atomic E-state index is 0.0612. The first-order chi connectivity index (χ1) is 10.4. The van der Waals surface area contributed by atoms with Crippen LogP contribution in [0.25, 0.3) is 10.4 Å². The summed E-state index contributed by atoms with van der Waals surface area (Å²) in [5, 5.41) is 3.50. The van der Waals surface area contributed by atoms with E-state index in [2.05, 4.69) is 15.0 Å². The highest BCUT2D eigenvalue weighted by Gasteiger charge is 2.55. The van der Waals surface area contributed by atoms with Gasteiger partial charge in [0.15, 0.2) is 12.0 Å². The SMILES string of the molecule is CC1(C)OC2C(CN=[N+]=[N-])OC(n3ccc(=O)[nH]c3=O)C2O1. The highest BCUT2D eigenvalue weighted by Crippen LogP contribution is 2.42. The molecule has 2 aliphatic rings. The van der Waals surface area contributed by atoms with Gasteiger partial charge >= 0.3 is 5.69 Å². The van der Waals surface area contributed by atoms with E-state index in [1.807, 2.05) is 0 Å². The van der Waals surface area contributed by atoms with Crippen LogP contribution in [0.4, 0.5) is 0 Å². The molecule has 4 atom stereocenters. The van der Waals surface area contributed by atoms with Crippen molar-refractivity contribution in [1.29, 1.82) is 0 Å². The molecule has 0 aromatic carbocycles. The number of azide groups is 1. The maximum Gasteiger partial charge on any atom is 0.330 e. The van der Waals surface area contributed by atoms with E-state index >= 15 is 0 Å². The molecule has 2 fully saturated rings. The number of nitrogens with one attached hydrogen (secondary N) is 1. The first-order valence-electron chi connectivity index (χ1n) is 6.75. The van der Waals surface area contributed by atoms with Crippen LogP contribution in [-0.4, -0.2) is 40.2 Å². The molecule has 1 N–H and O–H groups in total. The van der Waals surface area contributed by atoms with Crippen molar-refractivity contribution < 1.29 is 14.2 Å². The molecule has 2 saturated heterocycles. The average Bonchev–Trinajstić information content (AvgIpc) is 2.91. The van der Waals surface area contributed by atoms with Gasteiger partial charge in [-0.2, -0.15) is 0 Å². The third kappa shape index (κ3) is 2.53. The standard InChI is InChI=1S/C12H15N5O5/c1-12(2)21-8-6(5-14-16-13)20-10(9(8)22-12)17-4-3-7(18)15-11(17)19/h3-4,6,8-10H,5H2,1-2H3,(H,15,18,19). The smallest absolute Gasteiger partial charge is 0.330 e. The number of hydrogen-bond acceptors (Lipinski definition) is 6. The van der Waals surface area contributed by atoms with E-state index in [1.54, 1.807) is 13.8 Å². The van der Waals surface area contributed by atoms with Crippen LogP contribution in [0, 0.1) is 0 Å². The largest absolute Gasteiger partial charge is 0.349 e. The van der Waals surface area contributed by atoms with E-state index in [9.17, 15) is 9.59 Å². The number of nitrogens with zero attached hydrogens (tertiary/aromatic N) is 4. The third-order valence-corrected chi connectivity index (χ3v) is 3.58. The number of fused-ring (bicyclic) bond motifs is 1. The Hall–Kier alpha value is -2.13. The lowest BCUT2D eigenvalue weighted by Crippen LogP contribution is -2.37. The van der Waals surface area contributed by atoms with Crippen LogP contribution in [0.15, 0.2) is 27.0 Å². The molecular weight excluding hydrogens is 294 g/mol. The average molecular weight is 309 g/mol. The molecular formula is C12H15N5O5. The summed E-state index contributed by atoms with van der Waals surface area (Å²) >= 11 is 0. The van der Waals surface area contributed by atoms with Crippen LogP contribution in [0.2, 0.25) is 0 Å². The zero-order valence-corrected chi connectivity index (χ0v) is 12.0. The summed E-state index contributed by atoms with van der Waals surface area (Å²) < 4.78 is 18.6. The van der Waals surface area contributed by atoms with Crippen LogP contribution in [0.5, 0.6) is 0 Å². The van der Waals surface area contributed by atoms with E-state index in [0.717, 1.165) is 0 Å². The minimum atomic E-state index is -0.836. The van der Waals surface area contributed by atoms with Gasteiger partial charge in [0.05, 0.1) is 12.6 Å². The van der Waals surface area contributed by atoms with Crippen LogP contribution < -0.4 is 11.2 Å². The van der Waals surface area contributed by atoms with Crippen molar-refractivity contribution in [3.05, 3.63) is 43.5 Å². The maximum absolute atomic E-state index is 11.9. The van der Waals surface area contributed by atoms with Crippen molar-refractivity contribution in [3.8, 4) is 0 Å². The second kappa shape index (κ2) is 5.25. The molecule has 10 nitrogen and oxygen atoms in total. The van der Waals surface area contributed by atoms with Crippen molar-refractivity contribution in [2.45, 2.75) is 44.2 Å². The molecule has 22 heavy (non-hydrogen) atoms. The van der Waals surface area contributed by atoms with Gasteiger partial charge in [0.1, 0.15) is 12.2 Å². The van der Waals surface area contributed by atoms with Gasteiger partial charge in [-0.3, -0.25) is 14.3 Å². The van der Waals surface area contributed by atoms with E-state index in [1.165, 1.54) is 16.8 Å². The number of rotatable bonds is 3. The van der Waals surface area contributed by atoms with Crippen LogP contribution in [0.3, 0.4) is 0 Å². The predicted octanol–water partition coefficient (Wildman–Crippen LogP) is 0.264. The Bertz CT molecular complexity index is 734. The fourth-order valence-corrected chi connectivity index (χ4v) is 2.77. The lowest BCUT2D eigenvalue weighted by atomic mass is 10.1. The fourth-order valence-electron chi connectivity index (χ4n) is 2.77. The lowest BCUT2D eigenvalue weighted by molar-refractivity contribution is -0.196. The molecule has 1 aromatic rings.